The van der Waals surface area contributed by atoms with Gasteiger partial charge in [-0.25, -0.2) is 0 Å². The van der Waals surface area contributed by atoms with Crippen molar-refractivity contribution in [2.75, 3.05) is 27.9 Å². The summed E-state index contributed by atoms with van der Waals surface area (Å²) in [5.74, 6) is 1.56. The van der Waals surface area contributed by atoms with Crippen LogP contribution in [-0.4, -0.2) is 48.6 Å². The molecule has 0 bridgehead atoms. The van der Waals surface area contributed by atoms with Gasteiger partial charge in [-0.3, -0.25) is 9.78 Å². The smallest absolute Gasteiger partial charge is 0.270 e. The van der Waals surface area contributed by atoms with E-state index in [1.807, 2.05) is 35.4 Å². The number of nitrogens with one attached hydrogen (secondary N) is 1. The van der Waals surface area contributed by atoms with Crippen LogP contribution in [0.5, 0.6) is 17.2 Å². The van der Waals surface area contributed by atoms with Crippen LogP contribution in [0.15, 0.2) is 36.7 Å². The fraction of sp³-hybridized carbons (Fsp3) is 0.364. The van der Waals surface area contributed by atoms with Gasteiger partial charge in [-0.15, -0.1) is 0 Å². The minimum absolute atomic E-state index is 0.0299. The summed E-state index contributed by atoms with van der Waals surface area (Å²) >= 11 is 0. The maximum atomic E-state index is 13.4. The predicted octanol–water partition coefficient (Wildman–Crippen LogP) is 3.96. The number of carbonyl (C=O) groups is 1. The first-order chi connectivity index (χ1) is 14.2. The summed E-state index contributed by atoms with van der Waals surface area (Å²) in [4.78, 5) is 22.8. The topological polar surface area (TPSA) is 76.7 Å². The zero-order valence-electron chi connectivity index (χ0n) is 16.9. The Labute approximate surface area is 169 Å². The molecule has 0 saturated carbocycles. The molecule has 1 aliphatic heterocycles. The highest BCUT2D eigenvalue weighted by Crippen LogP contribution is 2.43. The van der Waals surface area contributed by atoms with Gasteiger partial charge in [0.1, 0.15) is 5.69 Å². The normalized spacial score (nSPS) is 16.7. The van der Waals surface area contributed by atoms with Gasteiger partial charge in [-0.1, -0.05) is 6.07 Å². The molecule has 1 fully saturated rings. The summed E-state index contributed by atoms with van der Waals surface area (Å²) in [5, 5.41) is 0.781. The summed E-state index contributed by atoms with van der Waals surface area (Å²) in [7, 11) is 4.72. The zero-order valence-corrected chi connectivity index (χ0v) is 16.9. The molecule has 1 aromatic carbocycles. The number of carbonyl (C=O) groups excluding carboxylic acids is 1. The van der Waals surface area contributed by atoms with E-state index in [9.17, 15) is 4.79 Å². The average Bonchev–Trinajstić information content (AvgIpc) is 3.21. The van der Waals surface area contributed by atoms with Crippen LogP contribution in [0.1, 0.15) is 41.4 Å². The van der Waals surface area contributed by atoms with Gasteiger partial charge < -0.3 is 24.1 Å². The number of aromatic nitrogens is 2. The SMILES string of the molecule is COc1cc2[nH]c(C(=O)N3CCCC[C@@H]3c3cccnc3)cc2c(OC)c1OC. The van der Waals surface area contributed by atoms with E-state index in [0.29, 0.717) is 22.9 Å². The van der Waals surface area contributed by atoms with Crippen LogP contribution in [0.4, 0.5) is 0 Å². The van der Waals surface area contributed by atoms with Gasteiger partial charge in [0.05, 0.1) is 32.9 Å². The number of piperidine rings is 1. The molecule has 3 aromatic rings. The number of likely N-dealkylation sites (tertiary alicyclic amines) is 1. The minimum Gasteiger partial charge on any atom is -0.493 e. The summed E-state index contributed by atoms with van der Waals surface area (Å²) < 4.78 is 16.4. The largest absolute Gasteiger partial charge is 0.493 e. The van der Waals surface area contributed by atoms with Crippen molar-refractivity contribution < 1.29 is 19.0 Å². The Morgan fingerprint density at radius 2 is 1.97 bits per heavy atom. The molecule has 1 aliphatic rings. The first-order valence-corrected chi connectivity index (χ1v) is 9.70. The van der Waals surface area contributed by atoms with Crippen molar-refractivity contribution in [2.45, 2.75) is 25.3 Å². The molecule has 0 aliphatic carbocycles. The van der Waals surface area contributed by atoms with Gasteiger partial charge >= 0.3 is 0 Å². The molecule has 152 valence electrons. The third kappa shape index (κ3) is 3.37. The standard InChI is InChI=1S/C22H25N3O4/c1-27-19-12-16-15(20(28-2)21(19)29-3)11-17(24-16)22(26)25-10-5-4-8-18(25)14-7-6-9-23-13-14/h6-7,9,11-13,18,24H,4-5,8,10H2,1-3H3/t18-/m1/s1. The quantitative estimate of drug-likeness (QED) is 0.708. The maximum Gasteiger partial charge on any atom is 0.270 e. The summed E-state index contributed by atoms with van der Waals surface area (Å²) in [5.41, 5.74) is 2.35. The van der Waals surface area contributed by atoms with E-state index in [2.05, 4.69) is 9.97 Å². The molecular formula is C22H25N3O4. The maximum absolute atomic E-state index is 13.4. The number of ether oxygens (including phenoxy) is 3. The van der Waals surface area contributed by atoms with Crippen LogP contribution in [0.3, 0.4) is 0 Å². The van der Waals surface area contributed by atoms with Gasteiger partial charge in [-0.05, 0) is 37.0 Å². The Bertz CT molecular complexity index is 1020. The lowest BCUT2D eigenvalue weighted by molar-refractivity contribution is 0.0606. The number of fused-ring (bicyclic) bond motifs is 1. The number of amides is 1. The Morgan fingerprint density at radius 1 is 1.14 bits per heavy atom. The number of hydrogen-bond acceptors (Lipinski definition) is 5. The third-order valence-corrected chi connectivity index (χ3v) is 5.49. The Balaban J connectivity index is 1.74. The molecule has 7 heteroatoms. The lowest BCUT2D eigenvalue weighted by atomic mass is 9.96. The van der Waals surface area contributed by atoms with E-state index in [1.165, 1.54) is 0 Å². The van der Waals surface area contributed by atoms with Gasteiger partial charge in [0.2, 0.25) is 5.75 Å². The van der Waals surface area contributed by atoms with E-state index in [0.717, 1.165) is 42.3 Å². The van der Waals surface area contributed by atoms with E-state index in [4.69, 9.17) is 14.2 Å². The lowest BCUT2D eigenvalue weighted by Gasteiger charge is -2.35. The van der Waals surface area contributed by atoms with Gasteiger partial charge in [0.15, 0.2) is 11.5 Å². The number of methoxy groups -OCH3 is 3. The van der Waals surface area contributed by atoms with E-state index >= 15 is 0 Å². The molecule has 0 radical (unpaired) electrons. The predicted molar refractivity (Wildman–Crippen MR) is 110 cm³/mol. The number of rotatable bonds is 5. The van der Waals surface area contributed by atoms with E-state index in [1.54, 1.807) is 27.5 Å². The molecule has 0 unspecified atom stereocenters. The second-order valence-corrected chi connectivity index (χ2v) is 7.09. The van der Waals surface area contributed by atoms with Gasteiger partial charge in [-0.2, -0.15) is 0 Å². The molecule has 1 amide bonds. The Morgan fingerprint density at radius 3 is 2.66 bits per heavy atom. The molecule has 7 nitrogen and oxygen atoms in total. The lowest BCUT2D eigenvalue weighted by Crippen LogP contribution is -2.38. The first kappa shape index (κ1) is 19.1. The van der Waals surface area contributed by atoms with Crippen molar-refractivity contribution in [3.05, 3.63) is 47.9 Å². The summed E-state index contributed by atoms with van der Waals surface area (Å²) in [6, 6.07) is 7.63. The van der Waals surface area contributed by atoms with Crippen molar-refractivity contribution >= 4 is 16.8 Å². The second kappa shape index (κ2) is 8.03. The fourth-order valence-electron chi connectivity index (χ4n) is 4.11. The van der Waals surface area contributed by atoms with Crippen molar-refractivity contribution in [3.8, 4) is 17.2 Å². The first-order valence-electron chi connectivity index (χ1n) is 9.70. The number of nitrogens with zero attached hydrogens (tertiary/aromatic N) is 2. The fourth-order valence-corrected chi connectivity index (χ4v) is 4.11. The van der Waals surface area contributed by atoms with E-state index < -0.39 is 0 Å². The monoisotopic (exact) mass is 395 g/mol. The van der Waals surface area contributed by atoms with Crippen LogP contribution in [0.2, 0.25) is 0 Å². The zero-order chi connectivity index (χ0) is 20.4. The second-order valence-electron chi connectivity index (χ2n) is 7.09. The van der Waals surface area contributed by atoms with Gasteiger partial charge in [0.25, 0.3) is 5.91 Å². The molecule has 2 aromatic heterocycles. The molecule has 3 heterocycles. The number of aromatic amines is 1. The number of hydrogen-bond donors (Lipinski definition) is 1. The number of pyridine rings is 1. The third-order valence-electron chi connectivity index (χ3n) is 5.49. The molecule has 1 N–H and O–H groups in total. The van der Waals surface area contributed by atoms with Crippen LogP contribution in [0.25, 0.3) is 10.9 Å². The molecule has 1 saturated heterocycles. The van der Waals surface area contributed by atoms with Crippen LogP contribution < -0.4 is 14.2 Å². The minimum atomic E-state index is -0.0326. The number of benzene rings is 1. The molecular weight excluding hydrogens is 370 g/mol. The highest BCUT2D eigenvalue weighted by molar-refractivity contribution is 6.01. The van der Waals surface area contributed by atoms with Crippen molar-refractivity contribution in [1.29, 1.82) is 0 Å². The van der Waals surface area contributed by atoms with Crippen molar-refractivity contribution in [2.24, 2.45) is 0 Å². The Hall–Kier alpha value is -3.22. The van der Waals surface area contributed by atoms with Crippen LogP contribution in [-0.2, 0) is 0 Å². The van der Waals surface area contributed by atoms with E-state index in [-0.39, 0.29) is 11.9 Å². The van der Waals surface area contributed by atoms with Crippen molar-refractivity contribution in [3.63, 3.8) is 0 Å². The highest BCUT2D eigenvalue weighted by Gasteiger charge is 2.30. The summed E-state index contributed by atoms with van der Waals surface area (Å²) in [6.07, 6.45) is 6.62. The molecule has 4 rings (SSSR count). The van der Waals surface area contributed by atoms with Crippen LogP contribution in [0, 0.1) is 0 Å². The van der Waals surface area contributed by atoms with Gasteiger partial charge in [0, 0.05) is 30.4 Å². The molecule has 29 heavy (non-hydrogen) atoms. The Kier molecular flexibility index (Phi) is 5.29. The summed E-state index contributed by atoms with van der Waals surface area (Å²) in [6.45, 7) is 0.720. The average molecular weight is 395 g/mol. The molecule has 0 spiro atoms. The van der Waals surface area contributed by atoms with Crippen LogP contribution >= 0.6 is 0 Å². The number of H-pyrrole nitrogens is 1. The molecule has 1 atom stereocenters. The highest BCUT2D eigenvalue weighted by atomic mass is 16.5. The van der Waals surface area contributed by atoms with Crippen molar-refractivity contribution in [1.82, 2.24) is 14.9 Å².